The van der Waals surface area contributed by atoms with E-state index in [4.69, 9.17) is 23.2 Å². The molecule has 1 atom stereocenters. The van der Waals surface area contributed by atoms with Crippen molar-refractivity contribution in [2.45, 2.75) is 5.38 Å². The van der Waals surface area contributed by atoms with E-state index >= 15 is 0 Å². The lowest BCUT2D eigenvalue weighted by atomic mass is 10.0. The van der Waals surface area contributed by atoms with Gasteiger partial charge in [0.2, 0.25) is 0 Å². The Bertz CT molecular complexity index is 587. The molecule has 0 saturated carbocycles. The van der Waals surface area contributed by atoms with E-state index in [0.717, 1.165) is 0 Å². The summed E-state index contributed by atoms with van der Waals surface area (Å²) in [5, 5.41) is -0.431. The summed E-state index contributed by atoms with van der Waals surface area (Å²) in [5.74, 6) is -0.905. The summed E-state index contributed by atoms with van der Waals surface area (Å²) >= 11 is 15.2. The minimum Gasteiger partial charge on any atom is -0.207 e. The molecule has 5 heteroatoms. The summed E-state index contributed by atoms with van der Waals surface area (Å²) in [6, 6.07) is 8.41. The first kappa shape index (κ1) is 13.8. The fraction of sp³-hybridized carbons (Fsp3) is 0.0769. The number of benzene rings is 2. The van der Waals surface area contributed by atoms with Crippen LogP contribution >= 0.6 is 39.1 Å². The predicted octanol–water partition coefficient (Wildman–Crippen LogP) is 5.71. The fourth-order valence-electron chi connectivity index (χ4n) is 1.58. The molecule has 0 aliphatic heterocycles. The third-order valence-electron chi connectivity index (χ3n) is 2.45. The van der Waals surface area contributed by atoms with Crippen molar-refractivity contribution in [3.05, 3.63) is 68.7 Å². The van der Waals surface area contributed by atoms with Crippen LogP contribution in [0.15, 0.2) is 40.9 Å². The van der Waals surface area contributed by atoms with Crippen LogP contribution in [0, 0.1) is 11.6 Å². The predicted molar refractivity (Wildman–Crippen MR) is 73.2 cm³/mol. The molecule has 18 heavy (non-hydrogen) atoms. The second kappa shape index (κ2) is 5.55. The zero-order valence-electron chi connectivity index (χ0n) is 8.93. The summed E-state index contributed by atoms with van der Waals surface area (Å²) in [6.07, 6.45) is 0. The zero-order valence-corrected chi connectivity index (χ0v) is 12.0. The van der Waals surface area contributed by atoms with Crippen molar-refractivity contribution in [3.8, 4) is 0 Å². The molecule has 0 aliphatic rings. The molecule has 0 fully saturated rings. The SMILES string of the molecule is Fc1cccc(C(Cl)c2cc(Cl)c(Br)cc2F)c1. The molecule has 0 bridgehead atoms. The Labute approximate surface area is 122 Å². The van der Waals surface area contributed by atoms with Gasteiger partial charge in [-0.05, 0) is 45.8 Å². The number of hydrogen-bond acceptors (Lipinski definition) is 0. The highest BCUT2D eigenvalue weighted by molar-refractivity contribution is 9.10. The first-order valence-corrected chi connectivity index (χ1v) is 6.63. The minimum absolute atomic E-state index is 0.218. The lowest BCUT2D eigenvalue weighted by molar-refractivity contribution is 0.609. The summed E-state index contributed by atoms with van der Waals surface area (Å²) in [6.45, 7) is 0. The lowest BCUT2D eigenvalue weighted by Crippen LogP contribution is -1.98. The Morgan fingerprint density at radius 1 is 1.11 bits per heavy atom. The molecule has 0 heterocycles. The summed E-state index contributed by atoms with van der Waals surface area (Å²) in [7, 11) is 0. The number of hydrogen-bond donors (Lipinski definition) is 0. The molecule has 2 aromatic rings. The summed E-state index contributed by atoms with van der Waals surface area (Å²) in [4.78, 5) is 0. The molecule has 2 aromatic carbocycles. The number of rotatable bonds is 2. The average Bonchev–Trinajstić information content (AvgIpc) is 2.33. The Balaban J connectivity index is 2.46. The van der Waals surface area contributed by atoms with E-state index in [0.29, 0.717) is 15.1 Å². The monoisotopic (exact) mass is 350 g/mol. The zero-order chi connectivity index (χ0) is 13.3. The van der Waals surface area contributed by atoms with Crippen molar-refractivity contribution in [3.63, 3.8) is 0 Å². The molecule has 0 aliphatic carbocycles. The van der Waals surface area contributed by atoms with Crippen LogP contribution in [0.2, 0.25) is 5.02 Å². The van der Waals surface area contributed by atoms with E-state index in [2.05, 4.69) is 15.9 Å². The molecule has 0 aromatic heterocycles. The van der Waals surface area contributed by atoms with Crippen molar-refractivity contribution in [1.82, 2.24) is 0 Å². The molecule has 2 rings (SSSR count). The molecule has 0 amide bonds. The maximum atomic E-state index is 13.8. The Morgan fingerprint density at radius 3 is 2.50 bits per heavy atom. The molecule has 94 valence electrons. The van der Waals surface area contributed by atoms with Gasteiger partial charge in [0.05, 0.1) is 10.4 Å². The first-order valence-electron chi connectivity index (χ1n) is 5.03. The standard InChI is InChI=1S/C13H7BrCl2F2/c14-10-6-12(18)9(5-11(10)15)13(16)7-2-1-3-8(17)4-7/h1-6,13H. The fourth-order valence-corrected chi connectivity index (χ4v) is 2.37. The van der Waals surface area contributed by atoms with Crippen LogP contribution in [-0.4, -0.2) is 0 Å². The second-order valence-corrected chi connectivity index (χ2v) is 5.40. The molecule has 0 N–H and O–H groups in total. The number of halogens is 5. The van der Waals surface area contributed by atoms with E-state index in [1.807, 2.05) is 0 Å². The van der Waals surface area contributed by atoms with Crippen molar-refractivity contribution >= 4 is 39.1 Å². The molecule has 0 nitrogen and oxygen atoms in total. The third kappa shape index (κ3) is 2.85. The van der Waals surface area contributed by atoms with Gasteiger partial charge in [0, 0.05) is 10.0 Å². The van der Waals surface area contributed by atoms with Crippen LogP contribution in [0.3, 0.4) is 0 Å². The maximum absolute atomic E-state index is 13.8. The van der Waals surface area contributed by atoms with E-state index in [1.54, 1.807) is 6.07 Å². The maximum Gasteiger partial charge on any atom is 0.129 e. The topological polar surface area (TPSA) is 0 Å². The molecule has 0 radical (unpaired) electrons. The van der Waals surface area contributed by atoms with Gasteiger partial charge in [-0.2, -0.15) is 0 Å². The quantitative estimate of drug-likeness (QED) is 0.480. The highest BCUT2D eigenvalue weighted by Gasteiger charge is 2.17. The van der Waals surface area contributed by atoms with Gasteiger partial charge in [0.25, 0.3) is 0 Å². The van der Waals surface area contributed by atoms with Crippen LogP contribution in [0.1, 0.15) is 16.5 Å². The highest BCUT2D eigenvalue weighted by Crippen LogP contribution is 2.35. The van der Waals surface area contributed by atoms with Gasteiger partial charge < -0.3 is 0 Å². The van der Waals surface area contributed by atoms with Gasteiger partial charge >= 0.3 is 0 Å². The highest BCUT2D eigenvalue weighted by atomic mass is 79.9. The molecule has 0 spiro atoms. The third-order valence-corrected chi connectivity index (χ3v) is 4.14. The van der Waals surface area contributed by atoms with Crippen LogP contribution < -0.4 is 0 Å². The van der Waals surface area contributed by atoms with Gasteiger partial charge in [0.15, 0.2) is 0 Å². The van der Waals surface area contributed by atoms with E-state index in [1.165, 1.54) is 30.3 Å². The number of alkyl halides is 1. The molecule has 1 unspecified atom stereocenters. The van der Waals surface area contributed by atoms with Gasteiger partial charge in [-0.15, -0.1) is 11.6 Å². The van der Waals surface area contributed by atoms with Gasteiger partial charge in [0.1, 0.15) is 11.6 Å². The van der Waals surface area contributed by atoms with Crippen molar-refractivity contribution < 1.29 is 8.78 Å². The normalized spacial score (nSPS) is 12.5. The summed E-state index contributed by atoms with van der Waals surface area (Å²) in [5.41, 5.74) is 0.699. The van der Waals surface area contributed by atoms with Crippen molar-refractivity contribution in [2.24, 2.45) is 0 Å². The smallest absolute Gasteiger partial charge is 0.129 e. The largest absolute Gasteiger partial charge is 0.207 e. The van der Waals surface area contributed by atoms with Crippen LogP contribution in [-0.2, 0) is 0 Å². The lowest BCUT2D eigenvalue weighted by Gasteiger charge is -2.12. The Kier molecular flexibility index (Phi) is 4.25. The van der Waals surface area contributed by atoms with Gasteiger partial charge in [-0.3, -0.25) is 0 Å². The van der Waals surface area contributed by atoms with Crippen LogP contribution in [0.25, 0.3) is 0 Å². The average molecular weight is 352 g/mol. The van der Waals surface area contributed by atoms with E-state index in [9.17, 15) is 8.78 Å². The minimum atomic E-state index is -0.786. The van der Waals surface area contributed by atoms with E-state index < -0.39 is 17.0 Å². The van der Waals surface area contributed by atoms with Crippen molar-refractivity contribution in [2.75, 3.05) is 0 Å². The second-order valence-electron chi connectivity index (χ2n) is 3.71. The Morgan fingerprint density at radius 2 is 1.83 bits per heavy atom. The van der Waals surface area contributed by atoms with Gasteiger partial charge in [-0.25, -0.2) is 8.78 Å². The van der Waals surface area contributed by atoms with E-state index in [-0.39, 0.29) is 5.56 Å². The molecular weight excluding hydrogens is 345 g/mol. The molecule has 0 saturated heterocycles. The first-order chi connectivity index (χ1) is 8.49. The van der Waals surface area contributed by atoms with Crippen LogP contribution in [0.5, 0.6) is 0 Å². The Hall–Kier alpha value is -0.640. The van der Waals surface area contributed by atoms with Crippen molar-refractivity contribution in [1.29, 1.82) is 0 Å². The van der Waals surface area contributed by atoms with Gasteiger partial charge in [-0.1, -0.05) is 23.7 Å². The molecular formula is C13H7BrCl2F2. The van der Waals surface area contributed by atoms with Crippen LogP contribution in [0.4, 0.5) is 8.78 Å². The summed E-state index contributed by atoms with van der Waals surface area (Å²) < 4.78 is 27.4.